The summed E-state index contributed by atoms with van der Waals surface area (Å²) in [6.07, 6.45) is 1.71. The molecule has 0 bridgehead atoms. The third-order valence-electron chi connectivity index (χ3n) is 3.10. The summed E-state index contributed by atoms with van der Waals surface area (Å²) in [5, 5.41) is 0. The fraction of sp³-hybridized carbons (Fsp3) is 0.333. The Labute approximate surface area is 98.8 Å². The monoisotopic (exact) mass is 230 g/mol. The van der Waals surface area contributed by atoms with Crippen LogP contribution in [-0.4, -0.2) is 39.5 Å². The predicted octanol–water partition coefficient (Wildman–Crippen LogP) is 0.206. The molecule has 1 aromatic heterocycles. The van der Waals surface area contributed by atoms with E-state index in [9.17, 15) is 4.79 Å². The van der Waals surface area contributed by atoms with Crippen LogP contribution in [0.25, 0.3) is 11.0 Å². The number of amides is 1. The number of likely N-dealkylation sites (tertiary alicyclic amines) is 1. The van der Waals surface area contributed by atoms with Crippen molar-refractivity contribution in [1.29, 1.82) is 0 Å². The summed E-state index contributed by atoms with van der Waals surface area (Å²) in [4.78, 5) is 17.9. The van der Waals surface area contributed by atoms with E-state index in [1.165, 1.54) is 0 Å². The molecule has 2 N–H and O–H groups in total. The molecule has 17 heavy (non-hydrogen) atoms. The molecule has 0 radical (unpaired) electrons. The Kier molecular flexibility index (Phi) is 2.33. The summed E-state index contributed by atoms with van der Waals surface area (Å²) in [7, 11) is 0. The van der Waals surface area contributed by atoms with Gasteiger partial charge in [-0.2, -0.15) is 0 Å². The standard InChI is InChI=1S/C12H14N4O/c13-9-5-15(6-9)12(17)7-16-8-14-10-3-1-2-4-11(10)16/h1-4,8-9H,5-7,13H2. The number of hydrogen-bond donors (Lipinski definition) is 1. The quantitative estimate of drug-likeness (QED) is 0.802. The van der Waals surface area contributed by atoms with Crippen molar-refractivity contribution < 1.29 is 4.79 Å². The molecule has 5 heteroatoms. The van der Waals surface area contributed by atoms with E-state index in [2.05, 4.69) is 4.98 Å². The van der Waals surface area contributed by atoms with Crippen molar-refractivity contribution in [3.05, 3.63) is 30.6 Å². The lowest BCUT2D eigenvalue weighted by molar-refractivity contribution is -0.136. The van der Waals surface area contributed by atoms with E-state index in [1.54, 1.807) is 11.2 Å². The van der Waals surface area contributed by atoms with Gasteiger partial charge in [0.2, 0.25) is 5.91 Å². The molecular weight excluding hydrogens is 216 g/mol. The van der Waals surface area contributed by atoms with Crippen LogP contribution >= 0.6 is 0 Å². The molecule has 3 rings (SSSR count). The van der Waals surface area contributed by atoms with Gasteiger partial charge in [-0.05, 0) is 12.1 Å². The Balaban J connectivity index is 1.78. The number of carbonyl (C=O) groups excluding carboxylic acids is 1. The first kappa shape index (κ1) is 10.3. The van der Waals surface area contributed by atoms with E-state index in [4.69, 9.17) is 5.73 Å². The number of fused-ring (bicyclic) bond motifs is 1. The first-order valence-electron chi connectivity index (χ1n) is 5.67. The third-order valence-corrected chi connectivity index (χ3v) is 3.10. The maximum Gasteiger partial charge on any atom is 0.242 e. The number of benzene rings is 1. The van der Waals surface area contributed by atoms with Crippen molar-refractivity contribution in [2.45, 2.75) is 12.6 Å². The van der Waals surface area contributed by atoms with Gasteiger partial charge in [-0.3, -0.25) is 4.79 Å². The van der Waals surface area contributed by atoms with E-state index < -0.39 is 0 Å². The van der Waals surface area contributed by atoms with Crippen LogP contribution in [0.3, 0.4) is 0 Å². The van der Waals surface area contributed by atoms with Crippen LogP contribution in [0.15, 0.2) is 30.6 Å². The summed E-state index contributed by atoms with van der Waals surface area (Å²) in [5.74, 6) is 0.106. The topological polar surface area (TPSA) is 64.2 Å². The molecule has 1 aromatic carbocycles. The number of hydrogen-bond acceptors (Lipinski definition) is 3. The molecule has 88 valence electrons. The summed E-state index contributed by atoms with van der Waals surface area (Å²) < 4.78 is 1.88. The molecule has 0 saturated carbocycles. The molecule has 2 aromatic rings. The number of carbonyl (C=O) groups is 1. The minimum atomic E-state index is 0.106. The lowest BCUT2D eigenvalue weighted by atomic mass is 10.1. The van der Waals surface area contributed by atoms with Crippen LogP contribution in [0.4, 0.5) is 0 Å². The largest absolute Gasteiger partial charge is 0.338 e. The van der Waals surface area contributed by atoms with Gasteiger partial charge < -0.3 is 15.2 Å². The molecule has 1 amide bonds. The highest BCUT2D eigenvalue weighted by molar-refractivity contribution is 5.81. The average Bonchev–Trinajstić information content (AvgIpc) is 2.69. The van der Waals surface area contributed by atoms with Gasteiger partial charge in [0.05, 0.1) is 17.4 Å². The van der Waals surface area contributed by atoms with Crippen molar-refractivity contribution in [3.8, 4) is 0 Å². The van der Waals surface area contributed by atoms with Crippen LogP contribution in [0.1, 0.15) is 0 Å². The van der Waals surface area contributed by atoms with Gasteiger partial charge in [0.25, 0.3) is 0 Å². The second-order valence-corrected chi connectivity index (χ2v) is 4.42. The van der Waals surface area contributed by atoms with Crippen molar-refractivity contribution in [1.82, 2.24) is 14.5 Å². The highest BCUT2D eigenvalue weighted by Crippen LogP contribution is 2.13. The first-order chi connectivity index (χ1) is 8.24. The smallest absolute Gasteiger partial charge is 0.242 e. The van der Waals surface area contributed by atoms with Crippen molar-refractivity contribution in [2.75, 3.05) is 13.1 Å². The zero-order valence-electron chi connectivity index (χ0n) is 9.41. The van der Waals surface area contributed by atoms with Crippen LogP contribution in [-0.2, 0) is 11.3 Å². The molecule has 5 nitrogen and oxygen atoms in total. The molecule has 1 saturated heterocycles. The van der Waals surface area contributed by atoms with Gasteiger partial charge in [0.1, 0.15) is 6.54 Å². The van der Waals surface area contributed by atoms with Gasteiger partial charge in [-0.15, -0.1) is 0 Å². The van der Waals surface area contributed by atoms with E-state index >= 15 is 0 Å². The van der Waals surface area contributed by atoms with E-state index in [1.807, 2.05) is 28.8 Å². The lowest BCUT2D eigenvalue weighted by Gasteiger charge is -2.36. The highest BCUT2D eigenvalue weighted by Gasteiger charge is 2.27. The van der Waals surface area contributed by atoms with Gasteiger partial charge in [-0.1, -0.05) is 12.1 Å². The molecular formula is C12H14N4O. The van der Waals surface area contributed by atoms with Crippen molar-refractivity contribution in [3.63, 3.8) is 0 Å². The Morgan fingerprint density at radius 1 is 1.41 bits per heavy atom. The lowest BCUT2D eigenvalue weighted by Crippen LogP contribution is -2.58. The fourth-order valence-corrected chi connectivity index (χ4v) is 2.10. The summed E-state index contributed by atoms with van der Waals surface area (Å²) in [5.41, 5.74) is 7.57. The van der Waals surface area contributed by atoms with E-state index in [0.717, 1.165) is 11.0 Å². The Bertz CT molecular complexity index is 556. The third kappa shape index (κ3) is 1.78. The minimum Gasteiger partial charge on any atom is -0.338 e. The fourth-order valence-electron chi connectivity index (χ4n) is 2.10. The molecule has 1 aliphatic heterocycles. The molecule has 0 aliphatic carbocycles. The zero-order valence-corrected chi connectivity index (χ0v) is 9.41. The molecule has 0 unspecified atom stereocenters. The van der Waals surface area contributed by atoms with Crippen LogP contribution in [0.5, 0.6) is 0 Å². The SMILES string of the molecule is NC1CN(C(=O)Cn2cnc3ccccc32)C1. The maximum absolute atomic E-state index is 11.9. The molecule has 0 spiro atoms. The molecule has 2 heterocycles. The summed E-state index contributed by atoms with van der Waals surface area (Å²) in [6, 6.07) is 7.95. The second-order valence-electron chi connectivity index (χ2n) is 4.42. The van der Waals surface area contributed by atoms with E-state index in [0.29, 0.717) is 19.6 Å². The number of rotatable bonds is 2. The van der Waals surface area contributed by atoms with Gasteiger partial charge >= 0.3 is 0 Å². The molecule has 1 aliphatic rings. The van der Waals surface area contributed by atoms with Crippen LogP contribution in [0.2, 0.25) is 0 Å². The zero-order chi connectivity index (χ0) is 11.8. The average molecular weight is 230 g/mol. The summed E-state index contributed by atoms with van der Waals surface area (Å²) in [6.45, 7) is 1.68. The number of nitrogens with two attached hydrogens (primary N) is 1. The van der Waals surface area contributed by atoms with Gasteiger partial charge in [0, 0.05) is 19.1 Å². The predicted molar refractivity (Wildman–Crippen MR) is 64.3 cm³/mol. The minimum absolute atomic E-state index is 0.106. The first-order valence-corrected chi connectivity index (χ1v) is 5.67. The summed E-state index contributed by atoms with van der Waals surface area (Å²) >= 11 is 0. The van der Waals surface area contributed by atoms with Crippen molar-refractivity contribution >= 4 is 16.9 Å². The number of nitrogens with zero attached hydrogens (tertiary/aromatic N) is 3. The number of aromatic nitrogens is 2. The maximum atomic E-state index is 11.9. The van der Waals surface area contributed by atoms with Gasteiger partial charge in [-0.25, -0.2) is 4.98 Å². The normalized spacial score (nSPS) is 16.2. The van der Waals surface area contributed by atoms with E-state index in [-0.39, 0.29) is 11.9 Å². The van der Waals surface area contributed by atoms with Gasteiger partial charge in [0.15, 0.2) is 0 Å². The molecule has 0 atom stereocenters. The number of para-hydroxylation sites is 2. The number of imidazole rings is 1. The van der Waals surface area contributed by atoms with Crippen LogP contribution < -0.4 is 5.73 Å². The Hall–Kier alpha value is -1.88. The van der Waals surface area contributed by atoms with Crippen molar-refractivity contribution in [2.24, 2.45) is 5.73 Å². The molecule has 1 fully saturated rings. The van der Waals surface area contributed by atoms with Crippen LogP contribution in [0, 0.1) is 0 Å². The highest BCUT2D eigenvalue weighted by atomic mass is 16.2. The second kappa shape index (κ2) is 3.85. The Morgan fingerprint density at radius 3 is 2.94 bits per heavy atom. The Morgan fingerprint density at radius 2 is 2.18 bits per heavy atom.